The van der Waals surface area contributed by atoms with Crippen LogP contribution in [0.5, 0.6) is 0 Å². The molecule has 0 unspecified atom stereocenters. The summed E-state index contributed by atoms with van der Waals surface area (Å²) in [6.45, 7) is 4.03. The van der Waals surface area contributed by atoms with E-state index in [1.54, 1.807) is 18.0 Å². The fourth-order valence-electron chi connectivity index (χ4n) is 1.55. The zero-order chi connectivity index (χ0) is 13.9. The number of oxazole rings is 1. The highest BCUT2D eigenvalue weighted by Crippen LogP contribution is 2.24. The van der Waals surface area contributed by atoms with Crippen molar-refractivity contribution in [2.45, 2.75) is 25.1 Å². The smallest absolute Gasteiger partial charge is 0.226 e. The Morgan fingerprint density at radius 3 is 2.89 bits per heavy atom. The number of thioether (sulfide) groups is 1. The van der Waals surface area contributed by atoms with E-state index in [2.05, 4.69) is 4.98 Å². The molecule has 0 aliphatic rings. The third kappa shape index (κ3) is 4.56. The first-order valence-electron chi connectivity index (χ1n) is 6.01. The second kappa shape index (κ2) is 5.99. The molecule has 0 bridgehead atoms. The van der Waals surface area contributed by atoms with E-state index in [1.165, 1.54) is 0 Å². The lowest BCUT2D eigenvalue weighted by atomic mass is 10.1. The fraction of sp³-hybridized carbons (Fsp3) is 0.357. The van der Waals surface area contributed by atoms with Gasteiger partial charge in [-0.25, -0.2) is 4.98 Å². The molecule has 0 saturated carbocycles. The summed E-state index contributed by atoms with van der Waals surface area (Å²) in [6, 6.07) is 7.48. The number of nitrogens with two attached hydrogens (primary N) is 1. The summed E-state index contributed by atoms with van der Waals surface area (Å²) in [5.41, 5.74) is 7.58. The SMILES string of the molecule is CC(C)(N)CSCc1coc(-c2cccc(Cl)c2)n1. The molecule has 3 nitrogen and oxygen atoms in total. The Kier molecular flexibility index (Phi) is 4.55. The van der Waals surface area contributed by atoms with Crippen molar-refractivity contribution in [2.75, 3.05) is 5.75 Å². The van der Waals surface area contributed by atoms with E-state index in [1.807, 2.05) is 38.1 Å². The Hall–Kier alpha value is -0.970. The Morgan fingerprint density at radius 1 is 1.42 bits per heavy atom. The van der Waals surface area contributed by atoms with E-state index in [9.17, 15) is 0 Å². The minimum Gasteiger partial charge on any atom is -0.444 e. The first-order chi connectivity index (χ1) is 8.94. The molecule has 0 radical (unpaired) electrons. The van der Waals surface area contributed by atoms with Gasteiger partial charge in [-0.15, -0.1) is 0 Å². The van der Waals surface area contributed by atoms with Gasteiger partial charge in [0.2, 0.25) is 5.89 Å². The van der Waals surface area contributed by atoms with E-state index < -0.39 is 0 Å². The quantitative estimate of drug-likeness (QED) is 0.907. The second-order valence-electron chi connectivity index (χ2n) is 5.14. The maximum atomic E-state index is 5.95. The van der Waals surface area contributed by atoms with Crippen LogP contribution in [0.15, 0.2) is 34.9 Å². The van der Waals surface area contributed by atoms with Crippen molar-refractivity contribution in [2.24, 2.45) is 5.73 Å². The summed E-state index contributed by atoms with van der Waals surface area (Å²) < 4.78 is 5.47. The van der Waals surface area contributed by atoms with Gasteiger partial charge >= 0.3 is 0 Å². The minimum absolute atomic E-state index is 0.163. The van der Waals surface area contributed by atoms with Crippen LogP contribution in [0.2, 0.25) is 5.02 Å². The molecular weight excluding hydrogens is 280 g/mol. The van der Waals surface area contributed by atoms with Gasteiger partial charge in [0.25, 0.3) is 0 Å². The molecule has 5 heteroatoms. The van der Waals surface area contributed by atoms with Crippen LogP contribution in [-0.2, 0) is 5.75 Å². The van der Waals surface area contributed by atoms with Gasteiger partial charge in [-0.05, 0) is 32.0 Å². The maximum absolute atomic E-state index is 5.95. The lowest BCUT2D eigenvalue weighted by molar-refractivity contribution is 0.573. The number of aromatic nitrogens is 1. The van der Waals surface area contributed by atoms with Crippen LogP contribution in [0.1, 0.15) is 19.5 Å². The fourth-order valence-corrected chi connectivity index (χ4v) is 2.71. The molecule has 2 N–H and O–H groups in total. The second-order valence-corrected chi connectivity index (χ2v) is 6.56. The third-order valence-corrected chi connectivity index (χ3v) is 4.03. The van der Waals surface area contributed by atoms with Crippen LogP contribution < -0.4 is 5.73 Å². The molecule has 2 aromatic rings. The molecule has 0 amide bonds. The van der Waals surface area contributed by atoms with Gasteiger partial charge in [-0.3, -0.25) is 0 Å². The molecule has 0 spiro atoms. The molecule has 1 aromatic heterocycles. The van der Waals surface area contributed by atoms with Crippen LogP contribution in [0.3, 0.4) is 0 Å². The normalized spacial score (nSPS) is 11.8. The van der Waals surface area contributed by atoms with Crippen LogP contribution in [0.4, 0.5) is 0 Å². The highest BCUT2D eigenvalue weighted by molar-refractivity contribution is 7.98. The number of hydrogen-bond acceptors (Lipinski definition) is 4. The van der Waals surface area contributed by atoms with Crippen LogP contribution in [-0.4, -0.2) is 16.3 Å². The molecule has 0 atom stereocenters. The lowest BCUT2D eigenvalue weighted by Crippen LogP contribution is -2.34. The standard InChI is InChI=1S/C14H17ClN2OS/c1-14(2,16)9-19-8-12-7-18-13(17-12)10-4-3-5-11(15)6-10/h3-7H,8-9,16H2,1-2H3. The van der Waals surface area contributed by atoms with Crippen LogP contribution >= 0.6 is 23.4 Å². The lowest BCUT2D eigenvalue weighted by Gasteiger charge is -2.16. The van der Waals surface area contributed by atoms with E-state index in [-0.39, 0.29) is 5.54 Å². The minimum atomic E-state index is -0.163. The summed E-state index contributed by atoms with van der Waals surface area (Å²) in [5.74, 6) is 2.28. The van der Waals surface area contributed by atoms with Crippen molar-refractivity contribution in [1.82, 2.24) is 4.98 Å². The largest absolute Gasteiger partial charge is 0.444 e. The van der Waals surface area contributed by atoms with Gasteiger partial charge in [-0.1, -0.05) is 17.7 Å². The molecule has 19 heavy (non-hydrogen) atoms. The number of hydrogen-bond donors (Lipinski definition) is 1. The van der Waals surface area contributed by atoms with E-state index >= 15 is 0 Å². The highest BCUT2D eigenvalue weighted by Gasteiger charge is 2.12. The number of rotatable bonds is 5. The molecule has 102 valence electrons. The van der Waals surface area contributed by atoms with Crippen molar-refractivity contribution in [3.8, 4) is 11.5 Å². The maximum Gasteiger partial charge on any atom is 0.226 e. The summed E-state index contributed by atoms with van der Waals surface area (Å²) in [5, 5.41) is 0.677. The Balaban J connectivity index is 1.99. The van der Waals surface area contributed by atoms with Crippen molar-refractivity contribution < 1.29 is 4.42 Å². The summed E-state index contributed by atoms with van der Waals surface area (Å²) in [4.78, 5) is 4.45. The van der Waals surface area contributed by atoms with Crippen molar-refractivity contribution in [3.63, 3.8) is 0 Å². The van der Waals surface area contributed by atoms with Gasteiger partial charge in [0.05, 0.1) is 5.69 Å². The zero-order valence-corrected chi connectivity index (χ0v) is 12.6. The van der Waals surface area contributed by atoms with Crippen LogP contribution in [0, 0.1) is 0 Å². The molecule has 0 fully saturated rings. The van der Waals surface area contributed by atoms with Gasteiger partial charge in [0.1, 0.15) is 6.26 Å². The average molecular weight is 297 g/mol. The molecular formula is C14H17ClN2OS. The first kappa shape index (κ1) is 14.4. The number of nitrogens with zero attached hydrogens (tertiary/aromatic N) is 1. The van der Waals surface area contributed by atoms with E-state index in [0.717, 1.165) is 22.8 Å². The molecule has 1 aromatic carbocycles. The average Bonchev–Trinajstić information content (AvgIpc) is 2.76. The molecule has 0 aliphatic carbocycles. The van der Waals surface area contributed by atoms with Crippen LogP contribution in [0.25, 0.3) is 11.5 Å². The molecule has 0 aliphatic heterocycles. The van der Waals surface area contributed by atoms with E-state index in [0.29, 0.717) is 10.9 Å². The first-order valence-corrected chi connectivity index (χ1v) is 7.54. The number of benzene rings is 1. The summed E-state index contributed by atoms with van der Waals surface area (Å²) in [6.07, 6.45) is 1.69. The molecule has 0 saturated heterocycles. The summed E-state index contributed by atoms with van der Waals surface area (Å²) >= 11 is 7.70. The van der Waals surface area contributed by atoms with Gasteiger partial charge < -0.3 is 10.2 Å². The highest BCUT2D eigenvalue weighted by atomic mass is 35.5. The van der Waals surface area contributed by atoms with Crippen molar-refractivity contribution >= 4 is 23.4 Å². The number of halogens is 1. The topological polar surface area (TPSA) is 52.0 Å². The van der Waals surface area contributed by atoms with Gasteiger partial charge in [0.15, 0.2) is 0 Å². The van der Waals surface area contributed by atoms with Gasteiger partial charge in [-0.2, -0.15) is 11.8 Å². The third-order valence-electron chi connectivity index (χ3n) is 2.35. The Labute approximate surface area is 122 Å². The van der Waals surface area contributed by atoms with Gasteiger partial charge in [0, 0.05) is 27.6 Å². The van der Waals surface area contributed by atoms with Crippen molar-refractivity contribution in [1.29, 1.82) is 0 Å². The summed E-state index contributed by atoms with van der Waals surface area (Å²) in [7, 11) is 0. The van der Waals surface area contributed by atoms with Crippen molar-refractivity contribution in [3.05, 3.63) is 41.2 Å². The predicted molar refractivity (Wildman–Crippen MR) is 81.4 cm³/mol. The Bertz CT molecular complexity index is 548. The Morgan fingerprint density at radius 2 is 2.21 bits per heavy atom. The molecule has 1 heterocycles. The zero-order valence-electron chi connectivity index (χ0n) is 11.0. The van der Waals surface area contributed by atoms with E-state index in [4.69, 9.17) is 21.8 Å². The molecule has 2 rings (SSSR count). The monoisotopic (exact) mass is 296 g/mol. The predicted octanol–water partition coefficient (Wildman–Crippen LogP) is 3.97.